The standard InChI is InChI=1S/C38H41F2N5O5/c1-3-26-29(39)8-7-22-14-24(46)17-27(31(22)26)33-32(40)34-28(18-41-33)35(44-12-13-49-20-37(2,48)19-44)43-36(42-34)50-21-38-9-4-6-30(38)45(11-5-10-38)23-15-25(47)16-23/h1,7-8,14,17-18,23,25,30,46-48H,4-6,9-13,15-16,19-21H2,2H3. The number of anilines is 1. The summed E-state index contributed by atoms with van der Waals surface area (Å²) in [7, 11) is 0. The Morgan fingerprint density at radius 2 is 1.96 bits per heavy atom. The van der Waals surface area contributed by atoms with Gasteiger partial charge in [-0.15, -0.1) is 6.42 Å². The van der Waals surface area contributed by atoms with Crippen LogP contribution in [0.4, 0.5) is 14.6 Å². The van der Waals surface area contributed by atoms with E-state index in [1.54, 1.807) is 6.92 Å². The largest absolute Gasteiger partial charge is 0.508 e. The van der Waals surface area contributed by atoms with Crippen LogP contribution in [-0.4, -0.2) is 98.4 Å². The maximum Gasteiger partial charge on any atom is 0.319 e. The number of aliphatic hydroxyl groups is 2. The number of β-amino-alcohol motifs (C(OH)–C–C–N with tert-alkyl or cyclic N) is 1. The zero-order valence-electron chi connectivity index (χ0n) is 28.0. The molecule has 2 saturated carbocycles. The number of phenols is 1. The molecular weight excluding hydrogens is 644 g/mol. The van der Waals surface area contributed by atoms with Crippen molar-refractivity contribution in [1.82, 2.24) is 19.9 Å². The smallest absolute Gasteiger partial charge is 0.319 e. The molecule has 50 heavy (non-hydrogen) atoms. The molecule has 2 aliphatic carbocycles. The molecule has 2 saturated heterocycles. The lowest BCUT2D eigenvalue weighted by Crippen LogP contribution is -2.59. The fraction of sp³-hybridized carbons (Fsp3) is 0.500. The summed E-state index contributed by atoms with van der Waals surface area (Å²) in [5.74, 6) is 1.10. The predicted octanol–water partition coefficient (Wildman–Crippen LogP) is 4.93. The molecule has 3 N–H and O–H groups in total. The number of nitrogens with zero attached hydrogens (tertiary/aromatic N) is 5. The maximum atomic E-state index is 17.0. The van der Waals surface area contributed by atoms with Crippen LogP contribution in [-0.2, 0) is 4.74 Å². The molecule has 2 aliphatic heterocycles. The van der Waals surface area contributed by atoms with Gasteiger partial charge in [0, 0.05) is 41.2 Å². The third kappa shape index (κ3) is 5.70. The van der Waals surface area contributed by atoms with Crippen molar-refractivity contribution in [3.8, 4) is 35.4 Å². The van der Waals surface area contributed by atoms with Crippen molar-refractivity contribution in [2.75, 3.05) is 44.4 Å². The second kappa shape index (κ2) is 12.6. The number of pyridine rings is 1. The van der Waals surface area contributed by atoms with E-state index < -0.39 is 17.2 Å². The Balaban J connectivity index is 1.23. The van der Waals surface area contributed by atoms with E-state index in [9.17, 15) is 19.7 Å². The van der Waals surface area contributed by atoms with Gasteiger partial charge in [-0.05, 0) is 75.6 Å². The van der Waals surface area contributed by atoms with Crippen LogP contribution < -0.4 is 9.64 Å². The average molecular weight is 686 g/mol. The van der Waals surface area contributed by atoms with Crippen LogP contribution in [0.2, 0.25) is 0 Å². The Labute approximate surface area is 289 Å². The first kappa shape index (κ1) is 33.0. The number of hydrogen-bond acceptors (Lipinski definition) is 10. The van der Waals surface area contributed by atoms with Crippen molar-refractivity contribution in [3.05, 3.63) is 47.7 Å². The number of ether oxygens (including phenoxy) is 2. The van der Waals surface area contributed by atoms with Gasteiger partial charge in [0.1, 0.15) is 34.2 Å². The zero-order chi connectivity index (χ0) is 34.8. The van der Waals surface area contributed by atoms with Gasteiger partial charge >= 0.3 is 6.01 Å². The van der Waals surface area contributed by atoms with E-state index in [1.807, 2.05) is 4.90 Å². The molecule has 4 aromatic rings. The Kier molecular flexibility index (Phi) is 8.30. The van der Waals surface area contributed by atoms with Gasteiger partial charge in [-0.1, -0.05) is 18.4 Å². The molecule has 4 fully saturated rings. The summed E-state index contributed by atoms with van der Waals surface area (Å²) in [6, 6.07) is 6.15. The molecule has 3 unspecified atom stereocenters. The fourth-order valence-corrected chi connectivity index (χ4v) is 8.87. The van der Waals surface area contributed by atoms with Gasteiger partial charge in [-0.3, -0.25) is 9.88 Å². The highest BCUT2D eigenvalue weighted by molar-refractivity contribution is 6.03. The Morgan fingerprint density at radius 3 is 2.76 bits per heavy atom. The molecule has 4 heterocycles. The van der Waals surface area contributed by atoms with E-state index in [1.165, 1.54) is 30.5 Å². The minimum absolute atomic E-state index is 0.000647. The predicted molar refractivity (Wildman–Crippen MR) is 184 cm³/mol. The van der Waals surface area contributed by atoms with Crippen molar-refractivity contribution in [1.29, 1.82) is 0 Å². The molecule has 4 aliphatic rings. The molecule has 0 radical (unpaired) electrons. The number of halogens is 2. The molecule has 0 bridgehead atoms. The molecule has 2 aromatic carbocycles. The minimum Gasteiger partial charge on any atom is -0.508 e. The maximum absolute atomic E-state index is 17.0. The van der Waals surface area contributed by atoms with Crippen LogP contribution in [0, 0.1) is 29.4 Å². The summed E-state index contributed by atoms with van der Waals surface area (Å²) in [5, 5.41) is 32.6. The van der Waals surface area contributed by atoms with Gasteiger partial charge in [0.2, 0.25) is 0 Å². The summed E-state index contributed by atoms with van der Waals surface area (Å²) in [4.78, 5) is 18.3. The molecule has 0 spiro atoms. The van der Waals surface area contributed by atoms with E-state index in [4.69, 9.17) is 20.9 Å². The number of rotatable bonds is 6. The number of phenolic OH excluding ortho intramolecular Hbond substituents is 1. The van der Waals surface area contributed by atoms with E-state index in [2.05, 4.69) is 20.8 Å². The number of terminal acetylenes is 1. The molecule has 10 nitrogen and oxygen atoms in total. The third-order valence-corrected chi connectivity index (χ3v) is 11.2. The van der Waals surface area contributed by atoms with E-state index in [0.29, 0.717) is 48.4 Å². The average Bonchev–Trinajstić information content (AvgIpc) is 3.43. The van der Waals surface area contributed by atoms with Crippen LogP contribution in [0.5, 0.6) is 11.8 Å². The van der Waals surface area contributed by atoms with E-state index in [-0.39, 0.29) is 64.2 Å². The quantitative estimate of drug-likeness (QED) is 0.241. The van der Waals surface area contributed by atoms with Crippen LogP contribution in [0.1, 0.15) is 57.4 Å². The topological polar surface area (TPSA) is 124 Å². The molecule has 8 rings (SSSR count). The fourth-order valence-electron chi connectivity index (χ4n) is 8.87. The van der Waals surface area contributed by atoms with Crippen molar-refractivity contribution >= 4 is 27.5 Å². The normalized spacial score (nSPS) is 28.6. The Bertz CT molecular complexity index is 2010. The molecule has 12 heteroatoms. The number of piperidine rings is 1. The SMILES string of the molecule is C#Cc1c(F)ccc2cc(O)cc(-c3ncc4c(N5CCOCC(C)(O)C5)nc(OCC56CCCC5N(C5CC(O)C5)CCC6)nc4c3F)c12. The minimum atomic E-state index is -1.20. The van der Waals surface area contributed by atoms with Gasteiger partial charge in [0.05, 0.1) is 43.4 Å². The zero-order valence-corrected chi connectivity index (χ0v) is 28.0. The highest BCUT2D eigenvalue weighted by atomic mass is 19.1. The Hall–Kier alpha value is -4.15. The molecular formula is C38H41F2N5O5. The lowest BCUT2D eigenvalue weighted by Gasteiger charge is -2.52. The number of hydrogen-bond donors (Lipinski definition) is 3. The van der Waals surface area contributed by atoms with Crippen molar-refractivity contribution in [3.63, 3.8) is 0 Å². The number of fused-ring (bicyclic) bond motifs is 3. The summed E-state index contributed by atoms with van der Waals surface area (Å²) < 4.78 is 44.0. The van der Waals surface area contributed by atoms with E-state index in [0.717, 1.165) is 51.5 Å². The number of benzene rings is 2. The second-order valence-corrected chi connectivity index (χ2v) is 14.8. The lowest BCUT2D eigenvalue weighted by molar-refractivity contribution is -0.0740. The van der Waals surface area contributed by atoms with Crippen LogP contribution in [0.25, 0.3) is 32.9 Å². The highest BCUT2D eigenvalue weighted by Crippen LogP contribution is 2.50. The van der Waals surface area contributed by atoms with E-state index >= 15 is 4.39 Å². The van der Waals surface area contributed by atoms with Gasteiger partial charge in [-0.2, -0.15) is 9.97 Å². The Morgan fingerprint density at radius 1 is 1.14 bits per heavy atom. The number of likely N-dealkylation sites (tertiary alicyclic amines) is 1. The summed E-state index contributed by atoms with van der Waals surface area (Å²) in [6.45, 7) is 4.03. The summed E-state index contributed by atoms with van der Waals surface area (Å²) in [5.41, 5.74) is -1.49. The molecule has 3 atom stereocenters. The number of aliphatic hydroxyl groups excluding tert-OH is 1. The van der Waals surface area contributed by atoms with Crippen molar-refractivity contribution in [2.45, 2.75) is 75.7 Å². The van der Waals surface area contributed by atoms with Gasteiger partial charge in [-0.25, -0.2) is 8.78 Å². The first-order chi connectivity index (χ1) is 24.1. The molecule has 0 amide bonds. The third-order valence-electron chi connectivity index (χ3n) is 11.2. The van der Waals surface area contributed by atoms with Crippen LogP contribution >= 0.6 is 0 Å². The first-order valence-corrected chi connectivity index (χ1v) is 17.5. The summed E-state index contributed by atoms with van der Waals surface area (Å²) in [6.07, 6.45) is 13.7. The molecule has 2 aromatic heterocycles. The highest BCUT2D eigenvalue weighted by Gasteiger charge is 2.51. The van der Waals surface area contributed by atoms with Gasteiger partial charge in [0.25, 0.3) is 0 Å². The van der Waals surface area contributed by atoms with Gasteiger partial charge < -0.3 is 29.7 Å². The van der Waals surface area contributed by atoms with Crippen molar-refractivity contribution < 1.29 is 33.6 Å². The van der Waals surface area contributed by atoms with Crippen LogP contribution in [0.15, 0.2) is 30.5 Å². The lowest BCUT2D eigenvalue weighted by atomic mass is 9.73. The van der Waals surface area contributed by atoms with Gasteiger partial charge in [0.15, 0.2) is 5.82 Å². The second-order valence-electron chi connectivity index (χ2n) is 14.8. The van der Waals surface area contributed by atoms with Crippen LogP contribution in [0.3, 0.4) is 0 Å². The number of aromatic nitrogens is 3. The monoisotopic (exact) mass is 685 g/mol. The number of aromatic hydroxyl groups is 1. The summed E-state index contributed by atoms with van der Waals surface area (Å²) >= 11 is 0. The molecule has 262 valence electrons. The first-order valence-electron chi connectivity index (χ1n) is 17.5. The van der Waals surface area contributed by atoms with Crippen molar-refractivity contribution in [2.24, 2.45) is 5.41 Å².